The molecule has 0 heterocycles. The molecule has 0 rings (SSSR count). The van der Waals surface area contributed by atoms with Gasteiger partial charge in [0.15, 0.2) is 0 Å². The topological polar surface area (TPSA) is 49.3 Å². The Hall–Kier alpha value is -1.87. The quantitative estimate of drug-likeness (QED) is 0.388. The molecule has 2 N–H and O–H groups in total. The molecule has 0 saturated heterocycles. The van der Waals surface area contributed by atoms with Crippen molar-refractivity contribution >= 4 is 5.91 Å². The van der Waals surface area contributed by atoms with E-state index in [1.54, 1.807) is 13.8 Å². The summed E-state index contributed by atoms with van der Waals surface area (Å²) in [6.45, 7) is 5.54. The zero-order valence-electron chi connectivity index (χ0n) is 13.3. The second-order valence-corrected chi connectivity index (χ2v) is 5.23. The fraction of sp³-hybridized carbons (Fsp3) is 0.389. The van der Waals surface area contributed by atoms with Crippen LogP contribution in [0.15, 0.2) is 60.8 Å². The maximum atomic E-state index is 11.4. The van der Waals surface area contributed by atoms with Gasteiger partial charge in [-0.05, 0) is 39.7 Å². The van der Waals surface area contributed by atoms with E-state index in [1.807, 2.05) is 55.5 Å². The molecule has 0 aliphatic carbocycles. The Morgan fingerprint density at radius 2 is 1.57 bits per heavy atom. The second-order valence-electron chi connectivity index (χ2n) is 5.23. The van der Waals surface area contributed by atoms with Crippen molar-refractivity contribution in [1.29, 1.82) is 0 Å². The lowest BCUT2D eigenvalue weighted by atomic mass is 10.1. The lowest BCUT2D eigenvalue weighted by Crippen LogP contribution is -2.37. The molecule has 3 heteroatoms. The third-order valence-electron chi connectivity index (χ3n) is 2.35. The Balaban J connectivity index is 3.74. The minimum absolute atomic E-state index is 0.171. The fourth-order valence-corrected chi connectivity index (χ4v) is 1.29. The number of carbonyl (C=O) groups excluding carboxylic acids is 1. The van der Waals surface area contributed by atoms with E-state index in [4.69, 9.17) is 0 Å². The highest BCUT2D eigenvalue weighted by Crippen LogP contribution is 1.97. The van der Waals surface area contributed by atoms with Crippen LogP contribution in [0.5, 0.6) is 0 Å². The number of rotatable bonds is 9. The number of amides is 1. The maximum Gasteiger partial charge on any atom is 0.243 e. The summed E-state index contributed by atoms with van der Waals surface area (Å²) in [6, 6.07) is 0. The average molecular weight is 289 g/mol. The van der Waals surface area contributed by atoms with Crippen LogP contribution in [-0.4, -0.2) is 23.2 Å². The summed E-state index contributed by atoms with van der Waals surface area (Å²) < 4.78 is 0. The van der Waals surface area contributed by atoms with Crippen molar-refractivity contribution < 1.29 is 9.90 Å². The first kappa shape index (κ1) is 19.1. The molecule has 0 bridgehead atoms. The zero-order valence-corrected chi connectivity index (χ0v) is 13.3. The van der Waals surface area contributed by atoms with Crippen LogP contribution >= 0.6 is 0 Å². The molecular weight excluding hydrogens is 262 g/mol. The van der Waals surface area contributed by atoms with Gasteiger partial charge in [-0.1, -0.05) is 54.7 Å². The van der Waals surface area contributed by atoms with Gasteiger partial charge in [0.05, 0.1) is 5.60 Å². The molecule has 116 valence electrons. The normalized spacial score (nSPS) is 13.5. The second kappa shape index (κ2) is 11.9. The van der Waals surface area contributed by atoms with E-state index in [0.717, 1.165) is 12.8 Å². The van der Waals surface area contributed by atoms with Crippen LogP contribution in [0, 0.1) is 0 Å². The molecule has 3 nitrogen and oxygen atoms in total. The fourth-order valence-electron chi connectivity index (χ4n) is 1.29. The SMILES string of the molecule is CC=CC=CC=CC=CCCC=CC(=O)NCC(C)(C)O. The summed E-state index contributed by atoms with van der Waals surface area (Å²) in [5.74, 6) is -0.171. The van der Waals surface area contributed by atoms with Crippen LogP contribution in [-0.2, 0) is 4.79 Å². The first-order chi connectivity index (χ1) is 9.95. The highest BCUT2D eigenvalue weighted by atomic mass is 16.3. The van der Waals surface area contributed by atoms with Crippen LogP contribution in [0.1, 0.15) is 33.6 Å². The van der Waals surface area contributed by atoms with Crippen molar-refractivity contribution in [2.75, 3.05) is 6.54 Å². The Morgan fingerprint density at radius 3 is 2.19 bits per heavy atom. The van der Waals surface area contributed by atoms with Gasteiger partial charge in [0.1, 0.15) is 0 Å². The summed E-state index contributed by atoms with van der Waals surface area (Å²) in [5.41, 5.74) is -0.875. The predicted molar refractivity (Wildman–Crippen MR) is 89.9 cm³/mol. The smallest absolute Gasteiger partial charge is 0.243 e. The zero-order chi connectivity index (χ0) is 16.0. The van der Waals surface area contributed by atoms with Gasteiger partial charge in [0.2, 0.25) is 5.91 Å². The van der Waals surface area contributed by atoms with Crippen LogP contribution in [0.4, 0.5) is 0 Å². The number of carbonyl (C=O) groups is 1. The Kier molecular flexibility index (Phi) is 10.9. The van der Waals surface area contributed by atoms with E-state index in [2.05, 4.69) is 11.4 Å². The van der Waals surface area contributed by atoms with Crippen LogP contribution in [0.3, 0.4) is 0 Å². The third-order valence-corrected chi connectivity index (χ3v) is 2.35. The third kappa shape index (κ3) is 16.1. The molecular formula is C18H27NO2. The van der Waals surface area contributed by atoms with E-state index in [-0.39, 0.29) is 12.5 Å². The number of unbranched alkanes of at least 4 members (excludes halogenated alkanes) is 1. The Bertz CT molecular complexity index is 421. The molecule has 0 atom stereocenters. The summed E-state index contributed by atoms with van der Waals surface area (Å²) in [5, 5.41) is 12.1. The van der Waals surface area contributed by atoms with Gasteiger partial charge in [0, 0.05) is 6.54 Å². The monoisotopic (exact) mass is 289 g/mol. The molecule has 1 amide bonds. The van der Waals surface area contributed by atoms with Crippen molar-refractivity contribution in [3.05, 3.63) is 60.8 Å². The number of aliphatic hydroxyl groups is 1. The molecule has 0 aliphatic heterocycles. The standard InChI is InChI=1S/C18H27NO2/c1-4-5-6-7-8-9-10-11-12-13-14-15-17(20)19-16-18(2,3)21/h4-11,14-15,21H,12-13,16H2,1-3H3,(H,19,20). The van der Waals surface area contributed by atoms with E-state index < -0.39 is 5.60 Å². The molecule has 0 radical (unpaired) electrons. The minimum Gasteiger partial charge on any atom is -0.389 e. The van der Waals surface area contributed by atoms with Gasteiger partial charge in [-0.3, -0.25) is 4.79 Å². The van der Waals surface area contributed by atoms with E-state index in [1.165, 1.54) is 6.08 Å². The first-order valence-corrected chi connectivity index (χ1v) is 7.23. The number of hydrogen-bond acceptors (Lipinski definition) is 2. The molecule has 0 aromatic carbocycles. The summed E-state index contributed by atoms with van der Waals surface area (Å²) in [4.78, 5) is 11.4. The summed E-state index contributed by atoms with van der Waals surface area (Å²) >= 11 is 0. The molecule has 21 heavy (non-hydrogen) atoms. The molecule has 0 spiro atoms. The molecule has 0 aliphatic rings. The largest absolute Gasteiger partial charge is 0.389 e. The predicted octanol–water partition coefficient (Wildman–Crippen LogP) is 3.45. The molecule has 0 aromatic rings. The summed E-state index contributed by atoms with van der Waals surface area (Å²) in [6.07, 6.45) is 20.9. The summed E-state index contributed by atoms with van der Waals surface area (Å²) in [7, 11) is 0. The van der Waals surface area contributed by atoms with Crippen LogP contribution in [0.2, 0.25) is 0 Å². The van der Waals surface area contributed by atoms with Crippen molar-refractivity contribution in [2.45, 2.75) is 39.2 Å². The van der Waals surface area contributed by atoms with Crippen molar-refractivity contribution in [3.8, 4) is 0 Å². The lowest BCUT2D eigenvalue weighted by molar-refractivity contribution is -0.117. The van der Waals surface area contributed by atoms with E-state index >= 15 is 0 Å². The molecule has 0 unspecified atom stereocenters. The van der Waals surface area contributed by atoms with Crippen molar-refractivity contribution in [1.82, 2.24) is 5.32 Å². The molecule has 0 saturated carbocycles. The molecule has 0 fully saturated rings. The van der Waals surface area contributed by atoms with Gasteiger partial charge >= 0.3 is 0 Å². The first-order valence-electron chi connectivity index (χ1n) is 7.23. The number of hydrogen-bond donors (Lipinski definition) is 2. The highest BCUT2D eigenvalue weighted by Gasteiger charge is 2.12. The van der Waals surface area contributed by atoms with Crippen LogP contribution in [0.25, 0.3) is 0 Å². The van der Waals surface area contributed by atoms with E-state index in [0.29, 0.717) is 0 Å². The molecule has 0 aromatic heterocycles. The van der Waals surface area contributed by atoms with Gasteiger partial charge in [-0.25, -0.2) is 0 Å². The van der Waals surface area contributed by atoms with E-state index in [9.17, 15) is 9.90 Å². The van der Waals surface area contributed by atoms with Crippen molar-refractivity contribution in [3.63, 3.8) is 0 Å². The number of nitrogens with one attached hydrogen (secondary N) is 1. The minimum atomic E-state index is -0.875. The number of allylic oxidation sites excluding steroid dienone is 9. The van der Waals surface area contributed by atoms with Gasteiger partial charge in [-0.15, -0.1) is 0 Å². The lowest BCUT2D eigenvalue weighted by Gasteiger charge is -2.16. The maximum absolute atomic E-state index is 11.4. The highest BCUT2D eigenvalue weighted by molar-refractivity contribution is 5.87. The Morgan fingerprint density at radius 1 is 1.00 bits per heavy atom. The van der Waals surface area contributed by atoms with Gasteiger partial charge < -0.3 is 10.4 Å². The van der Waals surface area contributed by atoms with Crippen molar-refractivity contribution in [2.24, 2.45) is 0 Å². The Labute approximate surface area is 128 Å². The average Bonchev–Trinajstić information content (AvgIpc) is 2.42. The van der Waals surface area contributed by atoms with Crippen LogP contribution < -0.4 is 5.32 Å². The van der Waals surface area contributed by atoms with Gasteiger partial charge in [-0.2, -0.15) is 0 Å². The van der Waals surface area contributed by atoms with Gasteiger partial charge in [0.25, 0.3) is 0 Å².